The van der Waals surface area contributed by atoms with Gasteiger partial charge in [-0.05, 0) is 12.8 Å². The summed E-state index contributed by atoms with van der Waals surface area (Å²) < 4.78 is 0. The average molecular weight is 109 g/mol. The molecule has 1 heterocycles. The van der Waals surface area contributed by atoms with Crippen molar-refractivity contribution in [3.63, 3.8) is 0 Å². The Labute approximate surface area is 50.1 Å². The van der Waals surface area contributed by atoms with E-state index in [2.05, 4.69) is 5.32 Å². The Morgan fingerprint density at radius 3 is 2.88 bits per heavy atom. The van der Waals surface area contributed by atoms with Gasteiger partial charge in [-0.3, -0.25) is 4.79 Å². The smallest absolute Gasteiger partial charge is 0.214 e. The summed E-state index contributed by atoms with van der Waals surface area (Å²) in [5, 5.41) is 2.67. The normalized spacial score (nSPS) is 29.5. The van der Waals surface area contributed by atoms with E-state index in [4.69, 9.17) is 7.85 Å². The first-order valence-electron chi connectivity index (χ1n) is 2.84. The summed E-state index contributed by atoms with van der Waals surface area (Å²) in [7, 11) is 5.37. The summed E-state index contributed by atoms with van der Waals surface area (Å²) >= 11 is 0. The number of carbonyl (C=O) groups excluding carboxylic acids is 1. The number of rotatable bonds is 0. The van der Waals surface area contributed by atoms with Gasteiger partial charge in [0.2, 0.25) is 5.91 Å². The summed E-state index contributed by atoms with van der Waals surface area (Å²) in [4.78, 5) is 10.6. The lowest BCUT2D eigenvalue weighted by atomic mass is 9.81. The fraction of sp³-hybridized carbons (Fsp3) is 0.800. The molecule has 1 fully saturated rings. The van der Waals surface area contributed by atoms with Crippen molar-refractivity contribution in [1.29, 1.82) is 0 Å². The number of nitrogens with one attached hydrogen (secondary N) is 1. The molecule has 1 rings (SSSR count). The van der Waals surface area contributed by atoms with E-state index in [-0.39, 0.29) is 11.7 Å². The number of hydrogen-bond acceptors (Lipinski definition) is 1. The van der Waals surface area contributed by atoms with Crippen molar-refractivity contribution >= 4 is 13.8 Å². The lowest BCUT2D eigenvalue weighted by Crippen LogP contribution is -2.33. The molecule has 1 atom stereocenters. The van der Waals surface area contributed by atoms with Gasteiger partial charge in [-0.1, -0.05) is 0 Å². The molecule has 1 aliphatic rings. The average Bonchev–Trinajstić information content (AvgIpc) is 1.77. The van der Waals surface area contributed by atoms with E-state index in [0.29, 0.717) is 0 Å². The van der Waals surface area contributed by atoms with Crippen molar-refractivity contribution in [2.75, 3.05) is 6.54 Å². The minimum Gasteiger partial charge on any atom is -0.357 e. The summed E-state index contributed by atoms with van der Waals surface area (Å²) in [6.45, 7) is 0.798. The molecule has 2 radical (unpaired) electrons. The molecule has 1 unspecified atom stereocenters. The quantitative estimate of drug-likeness (QED) is 0.430. The molecule has 0 saturated carbocycles. The standard InChI is InChI=1S/C5H8BNO/c6-4-2-1-3-7-5(4)8/h4H,1-3H2,(H,7,8). The molecule has 1 N–H and O–H groups in total. The Kier molecular flexibility index (Phi) is 1.56. The molecule has 0 aromatic carbocycles. The highest BCUT2D eigenvalue weighted by molar-refractivity contribution is 6.23. The van der Waals surface area contributed by atoms with Gasteiger partial charge in [0.1, 0.15) is 0 Å². The molecule has 2 nitrogen and oxygen atoms in total. The summed E-state index contributed by atoms with van der Waals surface area (Å²) in [6, 6.07) is 0. The maximum atomic E-state index is 10.6. The molecule has 1 saturated heterocycles. The van der Waals surface area contributed by atoms with Crippen LogP contribution in [0.5, 0.6) is 0 Å². The third-order valence-corrected chi connectivity index (χ3v) is 1.33. The third-order valence-electron chi connectivity index (χ3n) is 1.33. The lowest BCUT2D eigenvalue weighted by molar-refractivity contribution is -0.122. The van der Waals surface area contributed by atoms with Crippen molar-refractivity contribution in [3.05, 3.63) is 0 Å². The second-order valence-corrected chi connectivity index (χ2v) is 2.04. The van der Waals surface area contributed by atoms with Crippen LogP contribution < -0.4 is 5.32 Å². The Balaban J connectivity index is 2.39. The van der Waals surface area contributed by atoms with E-state index in [1.807, 2.05) is 0 Å². The van der Waals surface area contributed by atoms with Crippen LogP contribution in [0.4, 0.5) is 0 Å². The van der Waals surface area contributed by atoms with E-state index < -0.39 is 0 Å². The van der Waals surface area contributed by atoms with Crippen LogP contribution >= 0.6 is 0 Å². The van der Waals surface area contributed by atoms with Gasteiger partial charge < -0.3 is 5.32 Å². The van der Waals surface area contributed by atoms with E-state index in [1.165, 1.54) is 0 Å². The van der Waals surface area contributed by atoms with Gasteiger partial charge in [-0.25, -0.2) is 0 Å². The molecular formula is C5H8BNO. The van der Waals surface area contributed by atoms with Crippen LogP contribution in [0.25, 0.3) is 0 Å². The van der Waals surface area contributed by atoms with Crippen LogP contribution in [0.2, 0.25) is 5.82 Å². The van der Waals surface area contributed by atoms with E-state index in [9.17, 15) is 4.79 Å². The molecular weight excluding hydrogens is 101 g/mol. The molecule has 0 aromatic heterocycles. The van der Waals surface area contributed by atoms with Crippen LogP contribution in [0, 0.1) is 0 Å². The molecule has 3 heteroatoms. The topological polar surface area (TPSA) is 29.1 Å². The van der Waals surface area contributed by atoms with Crippen molar-refractivity contribution in [2.45, 2.75) is 18.7 Å². The second-order valence-electron chi connectivity index (χ2n) is 2.04. The van der Waals surface area contributed by atoms with E-state index in [1.54, 1.807) is 0 Å². The van der Waals surface area contributed by atoms with Gasteiger partial charge in [0.05, 0.1) is 7.85 Å². The second kappa shape index (κ2) is 2.20. The van der Waals surface area contributed by atoms with Crippen LogP contribution in [0.3, 0.4) is 0 Å². The molecule has 42 valence electrons. The molecule has 1 amide bonds. The summed E-state index contributed by atoms with van der Waals surface area (Å²) in [5.41, 5.74) is 0. The van der Waals surface area contributed by atoms with E-state index in [0.717, 1.165) is 19.4 Å². The fourth-order valence-electron chi connectivity index (χ4n) is 0.796. The monoisotopic (exact) mass is 109 g/mol. The molecule has 1 aliphatic heterocycles. The Hall–Kier alpha value is -0.465. The number of amides is 1. The highest BCUT2D eigenvalue weighted by atomic mass is 16.1. The van der Waals surface area contributed by atoms with Crippen molar-refractivity contribution in [2.24, 2.45) is 0 Å². The van der Waals surface area contributed by atoms with Crippen molar-refractivity contribution < 1.29 is 4.79 Å². The van der Waals surface area contributed by atoms with E-state index >= 15 is 0 Å². The fourth-order valence-corrected chi connectivity index (χ4v) is 0.796. The molecule has 0 bridgehead atoms. The molecule has 8 heavy (non-hydrogen) atoms. The highest BCUT2D eigenvalue weighted by Gasteiger charge is 2.14. The highest BCUT2D eigenvalue weighted by Crippen LogP contribution is 2.11. The molecule has 0 aromatic rings. The third kappa shape index (κ3) is 1.03. The number of carbonyl (C=O) groups is 1. The summed E-state index contributed by atoms with van der Waals surface area (Å²) in [6.07, 6.45) is 1.86. The van der Waals surface area contributed by atoms with Gasteiger partial charge in [-0.2, -0.15) is 0 Å². The Morgan fingerprint density at radius 1 is 1.75 bits per heavy atom. The van der Waals surface area contributed by atoms with Gasteiger partial charge in [0.15, 0.2) is 0 Å². The van der Waals surface area contributed by atoms with Gasteiger partial charge in [0, 0.05) is 12.4 Å². The van der Waals surface area contributed by atoms with Gasteiger partial charge >= 0.3 is 0 Å². The summed E-state index contributed by atoms with van der Waals surface area (Å²) in [5.74, 6) is -0.250. The van der Waals surface area contributed by atoms with Gasteiger partial charge in [-0.15, -0.1) is 0 Å². The molecule has 0 spiro atoms. The number of piperidine rings is 1. The zero-order valence-corrected chi connectivity index (χ0v) is 4.68. The van der Waals surface area contributed by atoms with Crippen LogP contribution in [0.1, 0.15) is 12.8 Å². The first-order valence-corrected chi connectivity index (χ1v) is 2.84. The lowest BCUT2D eigenvalue weighted by Gasteiger charge is -2.17. The maximum absolute atomic E-state index is 10.6. The van der Waals surface area contributed by atoms with Gasteiger partial charge in [0.25, 0.3) is 0 Å². The number of hydrogen-bond donors (Lipinski definition) is 1. The van der Waals surface area contributed by atoms with Crippen LogP contribution in [-0.2, 0) is 4.79 Å². The first kappa shape index (κ1) is 5.67. The zero-order chi connectivity index (χ0) is 5.98. The minimum absolute atomic E-state index is 0.00347. The Morgan fingerprint density at radius 2 is 2.50 bits per heavy atom. The SMILES string of the molecule is [B]C1CCCNC1=O. The minimum atomic E-state index is -0.247. The van der Waals surface area contributed by atoms with Crippen molar-refractivity contribution in [3.8, 4) is 0 Å². The van der Waals surface area contributed by atoms with Crippen LogP contribution in [0.15, 0.2) is 0 Å². The van der Waals surface area contributed by atoms with Crippen molar-refractivity contribution in [1.82, 2.24) is 5.32 Å². The molecule has 0 aliphatic carbocycles. The maximum Gasteiger partial charge on any atom is 0.214 e. The van der Waals surface area contributed by atoms with Crippen LogP contribution in [-0.4, -0.2) is 20.3 Å². The zero-order valence-electron chi connectivity index (χ0n) is 4.68. The predicted molar refractivity (Wildman–Crippen MR) is 31.7 cm³/mol. The largest absolute Gasteiger partial charge is 0.357 e. The predicted octanol–water partition coefficient (Wildman–Crippen LogP) is -0.147. The first-order chi connectivity index (χ1) is 3.80. The Bertz CT molecular complexity index is 105.